The summed E-state index contributed by atoms with van der Waals surface area (Å²) in [6.07, 6.45) is 10.3. The van der Waals surface area contributed by atoms with Crippen molar-refractivity contribution in [3.8, 4) is 0 Å². The molecule has 0 spiro atoms. The Morgan fingerprint density at radius 2 is 2.19 bits per heavy atom. The average molecular weight is 488 g/mol. The number of guanidine groups is 1. The molecule has 0 radical (unpaired) electrons. The number of piperazine rings is 1. The third-order valence-corrected chi connectivity index (χ3v) is 5.62. The van der Waals surface area contributed by atoms with Crippen LogP contribution in [-0.2, 0) is 11.8 Å². The number of aromatic nitrogens is 2. The van der Waals surface area contributed by atoms with E-state index in [1.165, 1.54) is 32.1 Å². The van der Waals surface area contributed by atoms with Crippen LogP contribution in [-0.4, -0.2) is 59.8 Å². The minimum atomic E-state index is 0. The number of anilines is 1. The Balaban J connectivity index is 0.00000261. The lowest BCUT2D eigenvalue weighted by Crippen LogP contribution is -2.55. The van der Waals surface area contributed by atoms with Gasteiger partial charge in [-0.1, -0.05) is 26.2 Å². The molecule has 7 nitrogen and oxygen atoms in total. The summed E-state index contributed by atoms with van der Waals surface area (Å²) in [5.74, 6) is 2.63. The van der Waals surface area contributed by atoms with E-state index >= 15 is 0 Å². The number of hydrogen-bond acceptors (Lipinski definition) is 3. The van der Waals surface area contributed by atoms with Gasteiger partial charge in [-0.25, -0.2) is 0 Å². The maximum absolute atomic E-state index is 12.6. The molecule has 8 heteroatoms. The zero-order valence-corrected chi connectivity index (χ0v) is 19.1. The first-order valence-electron chi connectivity index (χ1n) is 9.81. The van der Waals surface area contributed by atoms with Crippen LogP contribution in [0.15, 0.2) is 17.4 Å². The van der Waals surface area contributed by atoms with Crippen LogP contribution in [0.1, 0.15) is 39.0 Å². The minimum Gasteiger partial charge on any atom is -0.356 e. The highest BCUT2D eigenvalue weighted by Gasteiger charge is 2.27. The third kappa shape index (κ3) is 5.83. The zero-order chi connectivity index (χ0) is 18.5. The van der Waals surface area contributed by atoms with Gasteiger partial charge in [0.1, 0.15) is 6.54 Å². The summed E-state index contributed by atoms with van der Waals surface area (Å²) in [6.45, 7) is 5.09. The molecule has 3 rings (SSSR count). The number of halogens is 1. The van der Waals surface area contributed by atoms with Crippen LogP contribution in [0.25, 0.3) is 0 Å². The quantitative estimate of drug-likeness (QED) is 0.402. The highest BCUT2D eigenvalue weighted by molar-refractivity contribution is 14.0. The Labute approximate surface area is 179 Å². The van der Waals surface area contributed by atoms with Crippen LogP contribution < -0.4 is 10.2 Å². The first-order chi connectivity index (χ1) is 12.6. The van der Waals surface area contributed by atoms with Crippen molar-refractivity contribution in [3.05, 3.63) is 12.4 Å². The molecule has 2 aliphatic rings. The van der Waals surface area contributed by atoms with Gasteiger partial charge in [0.25, 0.3) is 0 Å². The maximum Gasteiger partial charge on any atom is 0.246 e. The summed E-state index contributed by atoms with van der Waals surface area (Å²) in [7, 11) is 3.66. The normalized spacial score (nSPS) is 24.0. The molecule has 2 unspecified atom stereocenters. The molecule has 1 aromatic rings. The fraction of sp³-hybridized carbons (Fsp3) is 0.737. The summed E-state index contributed by atoms with van der Waals surface area (Å²) in [5.41, 5.74) is 0.867. The molecule has 2 fully saturated rings. The Morgan fingerprint density at radius 1 is 1.37 bits per heavy atom. The molecule has 1 saturated heterocycles. The Hall–Kier alpha value is -1.32. The van der Waals surface area contributed by atoms with E-state index in [-0.39, 0.29) is 29.9 Å². The standard InChI is InChI=1S/C19H32N6O.HI/c1-15-5-4-6-16(11-15)7-8-21-19(20-2)24-9-10-25(18(26)14-24)17-12-22-23(3)13-17;/h12-13,15-16H,4-11,14H2,1-3H3,(H,20,21);1H. The van der Waals surface area contributed by atoms with Crippen LogP contribution in [0.2, 0.25) is 0 Å². The smallest absolute Gasteiger partial charge is 0.246 e. The van der Waals surface area contributed by atoms with Gasteiger partial charge in [-0.05, 0) is 24.7 Å². The number of aryl methyl sites for hydroxylation is 1. The highest BCUT2D eigenvalue weighted by atomic mass is 127. The second kappa shape index (κ2) is 10.3. The number of nitrogens with one attached hydrogen (secondary N) is 1. The van der Waals surface area contributed by atoms with Gasteiger partial charge in [0.15, 0.2) is 5.96 Å². The molecule has 2 atom stereocenters. The van der Waals surface area contributed by atoms with Gasteiger partial charge >= 0.3 is 0 Å². The summed E-state index contributed by atoms with van der Waals surface area (Å²) in [4.78, 5) is 20.8. The molecular formula is C19H33IN6O. The monoisotopic (exact) mass is 488 g/mol. The molecule has 1 aliphatic carbocycles. The summed E-state index contributed by atoms with van der Waals surface area (Å²) in [6, 6.07) is 0. The van der Waals surface area contributed by atoms with Crippen LogP contribution >= 0.6 is 24.0 Å². The lowest BCUT2D eigenvalue weighted by Gasteiger charge is -2.35. The topological polar surface area (TPSA) is 65.8 Å². The van der Waals surface area contributed by atoms with Crippen molar-refractivity contribution in [3.63, 3.8) is 0 Å². The van der Waals surface area contributed by atoms with Crippen molar-refractivity contribution in [2.45, 2.75) is 39.0 Å². The van der Waals surface area contributed by atoms with Gasteiger partial charge < -0.3 is 15.1 Å². The Morgan fingerprint density at radius 3 is 2.81 bits per heavy atom. The number of rotatable bonds is 4. The van der Waals surface area contributed by atoms with Gasteiger partial charge in [0, 0.05) is 39.9 Å². The molecule has 0 aromatic carbocycles. The van der Waals surface area contributed by atoms with Gasteiger partial charge in [-0.2, -0.15) is 5.10 Å². The molecule has 27 heavy (non-hydrogen) atoms. The summed E-state index contributed by atoms with van der Waals surface area (Å²) in [5, 5.41) is 7.63. The van der Waals surface area contributed by atoms with E-state index in [9.17, 15) is 4.79 Å². The molecule has 1 amide bonds. The van der Waals surface area contributed by atoms with Crippen molar-refractivity contribution in [1.82, 2.24) is 20.0 Å². The first-order valence-corrected chi connectivity index (χ1v) is 9.81. The number of hydrogen-bond donors (Lipinski definition) is 1. The van der Waals surface area contributed by atoms with E-state index in [0.29, 0.717) is 13.1 Å². The lowest BCUT2D eigenvalue weighted by molar-refractivity contribution is -0.120. The van der Waals surface area contributed by atoms with Crippen molar-refractivity contribution in [2.75, 3.05) is 38.1 Å². The third-order valence-electron chi connectivity index (χ3n) is 5.62. The van der Waals surface area contributed by atoms with Crippen LogP contribution in [0.4, 0.5) is 5.69 Å². The molecule has 1 N–H and O–H groups in total. The maximum atomic E-state index is 12.6. The number of carbonyl (C=O) groups excluding carboxylic acids is 1. The summed E-state index contributed by atoms with van der Waals surface area (Å²) < 4.78 is 1.72. The van der Waals surface area contributed by atoms with E-state index in [4.69, 9.17) is 0 Å². The molecule has 152 valence electrons. The number of carbonyl (C=O) groups is 1. The molecule has 1 aliphatic heterocycles. The average Bonchev–Trinajstić information content (AvgIpc) is 3.05. The molecular weight excluding hydrogens is 455 g/mol. The molecule has 2 heterocycles. The largest absolute Gasteiger partial charge is 0.356 e. The second-order valence-corrected chi connectivity index (χ2v) is 7.74. The minimum absolute atomic E-state index is 0. The predicted molar refractivity (Wildman–Crippen MR) is 120 cm³/mol. The van der Waals surface area contributed by atoms with Crippen molar-refractivity contribution in [2.24, 2.45) is 23.9 Å². The Kier molecular flexibility index (Phi) is 8.37. The van der Waals surface area contributed by atoms with E-state index in [1.54, 1.807) is 22.8 Å². The van der Waals surface area contributed by atoms with Crippen LogP contribution in [0, 0.1) is 11.8 Å². The van der Waals surface area contributed by atoms with Gasteiger partial charge in [-0.15, -0.1) is 24.0 Å². The summed E-state index contributed by atoms with van der Waals surface area (Å²) >= 11 is 0. The first kappa shape index (κ1) is 22.0. The fourth-order valence-corrected chi connectivity index (χ4v) is 4.22. The number of aliphatic imine (C=N–C) groups is 1. The van der Waals surface area contributed by atoms with E-state index in [1.807, 2.05) is 13.2 Å². The molecule has 1 aromatic heterocycles. The second-order valence-electron chi connectivity index (χ2n) is 7.74. The van der Waals surface area contributed by atoms with E-state index in [0.717, 1.165) is 36.6 Å². The zero-order valence-electron chi connectivity index (χ0n) is 16.7. The SMILES string of the molecule is CN=C(NCCC1CCCC(C)C1)N1CCN(c2cnn(C)c2)C(=O)C1.I. The molecule has 1 saturated carbocycles. The lowest BCUT2D eigenvalue weighted by atomic mass is 9.81. The molecule has 0 bridgehead atoms. The van der Waals surface area contributed by atoms with Gasteiger partial charge in [0.05, 0.1) is 11.9 Å². The Bertz CT molecular complexity index is 646. The number of nitrogens with zero attached hydrogens (tertiary/aromatic N) is 5. The van der Waals surface area contributed by atoms with Crippen molar-refractivity contribution >= 4 is 41.5 Å². The highest BCUT2D eigenvalue weighted by Crippen LogP contribution is 2.30. The predicted octanol–water partition coefficient (Wildman–Crippen LogP) is 2.48. The van der Waals surface area contributed by atoms with E-state index < -0.39 is 0 Å². The van der Waals surface area contributed by atoms with Crippen LogP contribution in [0.3, 0.4) is 0 Å². The van der Waals surface area contributed by atoms with Crippen molar-refractivity contribution in [1.29, 1.82) is 0 Å². The van der Waals surface area contributed by atoms with Gasteiger partial charge in [-0.3, -0.25) is 14.5 Å². The fourth-order valence-electron chi connectivity index (χ4n) is 4.22. The van der Waals surface area contributed by atoms with Crippen molar-refractivity contribution < 1.29 is 4.79 Å². The number of amides is 1. The van der Waals surface area contributed by atoms with Crippen LogP contribution in [0.5, 0.6) is 0 Å². The van der Waals surface area contributed by atoms with E-state index in [2.05, 4.69) is 27.2 Å². The van der Waals surface area contributed by atoms with Gasteiger partial charge in [0.2, 0.25) is 5.91 Å².